The zero-order valence-electron chi connectivity index (χ0n) is 27.2. The fourth-order valence-corrected chi connectivity index (χ4v) is 8.06. The minimum atomic E-state index is 0. The molecule has 1 amide bonds. The van der Waals surface area contributed by atoms with Crippen molar-refractivity contribution in [1.82, 2.24) is 9.80 Å². The summed E-state index contributed by atoms with van der Waals surface area (Å²) in [4.78, 5) is 17.3. The van der Waals surface area contributed by atoms with Gasteiger partial charge in [-0.3, -0.25) is 4.79 Å². The predicted octanol–water partition coefficient (Wildman–Crippen LogP) is 3.39. The van der Waals surface area contributed by atoms with Gasteiger partial charge >= 0.3 is 18.9 Å². The van der Waals surface area contributed by atoms with Crippen LogP contribution in [0.15, 0.2) is 121 Å². The van der Waals surface area contributed by atoms with E-state index in [1.165, 1.54) is 49.2 Å². The number of piperidine rings is 2. The van der Waals surface area contributed by atoms with E-state index >= 15 is 0 Å². The van der Waals surface area contributed by atoms with Crippen LogP contribution in [0.2, 0.25) is 0 Å². The molecule has 8 rings (SSSR count). The van der Waals surface area contributed by atoms with Gasteiger partial charge in [0.25, 0.3) is 0 Å². The number of likely N-dealkylation sites (tertiary alicyclic amines) is 2. The third kappa shape index (κ3) is 8.06. The van der Waals surface area contributed by atoms with Crippen LogP contribution in [-0.4, -0.2) is 65.8 Å². The number of carbonyl (C=O) groups excluding carboxylic acids is 1. The molecule has 5 unspecified atom stereocenters. The first-order chi connectivity index (χ1) is 21.3. The van der Waals surface area contributed by atoms with Gasteiger partial charge in [0, 0.05) is 32.1 Å². The summed E-state index contributed by atoms with van der Waals surface area (Å²) in [5.41, 5.74) is 5.75. The first kappa shape index (κ1) is 33.8. The molecule has 2 aliphatic heterocycles. The minimum Gasteiger partial charge on any atom is -1.00 e. The number of fused-ring (bicyclic) bond motifs is 2. The van der Waals surface area contributed by atoms with E-state index in [-0.39, 0.29) is 43.6 Å². The van der Waals surface area contributed by atoms with Gasteiger partial charge in [0.05, 0.1) is 5.92 Å². The number of rotatable bonds is 10. The number of carbonyl (C=O) groups is 1. The smallest absolute Gasteiger partial charge is 1.00 e. The standard InChI is InChI=1S/C20H21NO.C20H23N.Al.Li.4H/c22-20-19-17(18(19)16-11-5-2-6-12-16)14-21(20)13-7-10-15-8-3-1-4-9-15;1-3-8-16(9-4-1)10-7-13-21-14-18-19(15-21)20(18)17-11-5-2-6-12-17;;;;;;/h1-6,8-9,11-12,17-19H,7,10,13-14H2;1-6,8-9,11-12,18-20H,7,10,13-15H2;;;;;;/q;;;+1;;;;-1. The maximum atomic E-state index is 12.5. The zero-order valence-corrected chi connectivity index (χ0v) is 26.2. The van der Waals surface area contributed by atoms with Crippen LogP contribution >= 0.6 is 0 Å². The van der Waals surface area contributed by atoms with E-state index < -0.39 is 0 Å². The fourth-order valence-electron chi connectivity index (χ4n) is 8.06. The van der Waals surface area contributed by atoms with Crippen LogP contribution in [0.1, 0.15) is 48.4 Å². The van der Waals surface area contributed by atoms with E-state index in [0.717, 1.165) is 43.7 Å². The molecule has 0 spiro atoms. The van der Waals surface area contributed by atoms with Crippen molar-refractivity contribution in [1.29, 1.82) is 0 Å². The summed E-state index contributed by atoms with van der Waals surface area (Å²) >= 11 is 0. The van der Waals surface area contributed by atoms with Gasteiger partial charge in [0.2, 0.25) is 5.91 Å². The number of hydrogen-bond donors (Lipinski definition) is 0. The fraction of sp³-hybridized carbons (Fsp3) is 0.375. The Morgan fingerprint density at radius 1 is 0.533 bits per heavy atom. The van der Waals surface area contributed by atoms with Crippen molar-refractivity contribution in [2.45, 2.75) is 37.5 Å². The van der Waals surface area contributed by atoms with E-state index in [1.54, 1.807) is 5.56 Å². The number of benzene rings is 4. The van der Waals surface area contributed by atoms with Gasteiger partial charge in [-0.25, -0.2) is 0 Å². The summed E-state index contributed by atoms with van der Waals surface area (Å²) in [5.74, 6) is 4.42. The summed E-state index contributed by atoms with van der Waals surface area (Å²) in [6.45, 7) is 5.77. The Morgan fingerprint density at radius 2 is 0.978 bits per heavy atom. The van der Waals surface area contributed by atoms with E-state index in [0.29, 0.717) is 17.7 Å². The third-order valence-electron chi connectivity index (χ3n) is 10.4. The van der Waals surface area contributed by atoms with Gasteiger partial charge in [0.15, 0.2) is 17.4 Å². The molecular weight excluding hydrogens is 558 g/mol. The van der Waals surface area contributed by atoms with Gasteiger partial charge in [-0.2, -0.15) is 0 Å². The quantitative estimate of drug-likeness (QED) is 0.259. The van der Waals surface area contributed by atoms with Gasteiger partial charge in [0.1, 0.15) is 0 Å². The topological polar surface area (TPSA) is 23.6 Å². The molecular formula is C40H48AlLiN2O. The molecule has 0 bridgehead atoms. The average molecular weight is 607 g/mol. The molecule has 2 aliphatic carbocycles. The summed E-state index contributed by atoms with van der Waals surface area (Å²) in [6, 6.07) is 43.0. The van der Waals surface area contributed by atoms with Crippen LogP contribution in [0.3, 0.4) is 0 Å². The second-order valence-electron chi connectivity index (χ2n) is 13.1. The third-order valence-corrected chi connectivity index (χ3v) is 10.4. The van der Waals surface area contributed by atoms with Crippen LogP contribution in [0, 0.1) is 23.7 Å². The predicted molar refractivity (Wildman–Crippen MR) is 186 cm³/mol. The van der Waals surface area contributed by atoms with Crippen LogP contribution in [-0.2, 0) is 17.6 Å². The van der Waals surface area contributed by atoms with Crippen molar-refractivity contribution >= 4 is 23.3 Å². The Hall–Kier alpha value is -2.56. The molecule has 2 heterocycles. The van der Waals surface area contributed by atoms with Crippen LogP contribution < -0.4 is 18.9 Å². The Kier molecular flexibility index (Phi) is 11.9. The molecule has 4 aromatic rings. The van der Waals surface area contributed by atoms with Crippen LogP contribution in [0.5, 0.6) is 0 Å². The molecule has 5 atom stereocenters. The zero-order chi connectivity index (χ0) is 29.0. The molecule has 228 valence electrons. The van der Waals surface area contributed by atoms with Gasteiger partial charge in [-0.05, 0) is 78.2 Å². The largest absolute Gasteiger partial charge is 1.00 e. The van der Waals surface area contributed by atoms with Crippen molar-refractivity contribution in [3.63, 3.8) is 0 Å². The van der Waals surface area contributed by atoms with Crippen LogP contribution in [0.4, 0.5) is 0 Å². The number of aryl methyl sites for hydroxylation is 2. The van der Waals surface area contributed by atoms with Crippen molar-refractivity contribution in [2.24, 2.45) is 23.7 Å². The van der Waals surface area contributed by atoms with Gasteiger partial charge in [-0.1, -0.05) is 121 Å². The molecule has 2 saturated carbocycles. The van der Waals surface area contributed by atoms with E-state index in [9.17, 15) is 4.79 Å². The Morgan fingerprint density at radius 3 is 1.44 bits per heavy atom. The molecule has 0 radical (unpaired) electrons. The van der Waals surface area contributed by atoms with Gasteiger partial charge < -0.3 is 11.2 Å². The SMILES string of the molecule is O=C1C2C(CN1CCCc1ccccc1)C2c1ccccc1.[AlH3].[H-].[Li+].c1ccc(CCCN2CC3C(C2)C3c2ccccc2)cc1. The average Bonchev–Trinajstić information content (AvgIpc) is 3.86. The first-order valence-electron chi connectivity index (χ1n) is 16.4. The maximum Gasteiger partial charge on any atom is 1.00 e. The normalized spacial score (nSPS) is 25.6. The number of amides is 1. The molecule has 4 aromatic carbocycles. The Labute approximate surface area is 294 Å². The van der Waals surface area contributed by atoms with Crippen molar-refractivity contribution < 1.29 is 25.1 Å². The van der Waals surface area contributed by atoms with Gasteiger partial charge in [-0.15, -0.1) is 0 Å². The van der Waals surface area contributed by atoms with Crippen molar-refractivity contribution in [2.75, 3.05) is 32.7 Å². The molecule has 45 heavy (non-hydrogen) atoms. The van der Waals surface area contributed by atoms with Crippen molar-refractivity contribution in [3.05, 3.63) is 144 Å². The van der Waals surface area contributed by atoms with E-state index in [2.05, 4.69) is 119 Å². The monoisotopic (exact) mass is 606 g/mol. The molecule has 5 heteroatoms. The molecule has 3 nitrogen and oxygen atoms in total. The van der Waals surface area contributed by atoms with E-state index in [1.807, 2.05) is 12.1 Å². The minimum absolute atomic E-state index is 0. The van der Waals surface area contributed by atoms with Crippen LogP contribution in [0.25, 0.3) is 0 Å². The Balaban J connectivity index is 0.000000196. The second kappa shape index (κ2) is 15.8. The molecule has 2 saturated heterocycles. The first-order valence-corrected chi connectivity index (χ1v) is 16.4. The van der Waals surface area contributed by atoms with E-state index in [4.69, 9.17) is 0 Å². The molecule has 0 N–H and O–H groups in total. The number of nitrogens with zero attached hydrogens (tertiary/aromatic N) is 2. The summed E-state index contributed by atoms with van der Waals surface area (Å²) in [6.07, 6.45) is 4.63. The van der Waals surface area contributed by atoms with Crippen molar-refractivity contribution in [3.8, 4) is 0 Å². The summed E-state index contributed by atoms with van der Waals surface area (Å²) < 4.78 is 0. The molecule has 4 aliphatic rings. The second-order valence-corrected chi connectivity index (χ2v) is 13.1. The molecule has 4 fully saturated rings. The summed E-state index contributed by atoms with van der Waals surface area (Å²) in [7, 11) is 0. The number of hydrogen-bond acceptors (Lipinski definition) is 2. The summed E-state index contributed by atoms with van der Waals surface area (Å²) in [5, 5.41) is 0. The Bertz CT molecular complexity index is 1470. The maximum absolute atomic E-state index is 12.5. The molecule has 0 aromatic heterocycles.